The minimum atomic E-state index is -3.10. The molecule has 1 fully saturated rings. The Hall–Kier alpha value is -1.68. The average molecular weight is 390 g/mol. The summed E-state index contributed by atoms with van der Waals surface area (Å²) in [6.45, 7) is 4.63. The lowest BCUT2D eigenvalue weighted by Gasteiger charge is -2.32. The Bertz CT molecular complexity index is 892. The average Bonchev–Trinajstić information content (AvgIpc) is 3.11. The van der Waals surface area contributed by atoms with Gasteiger partial charge < -0.3 is 4.74 Å². The summed E-state index contributed by atoms with van der Waals surface area (Å²) in [4.78, 5) is 1.77. The lowest BCUT2D eigenvalue weighted by atomic mass is 9.83. The van der Waals surface area contributed by atoms with Crippen LogP contribution in [0.1, 0.15) is 36.6 Å². The molecule has 0 amide bonds. The summed E-state index contributed by atoms with van der Waals surface area (Å²) < 4.78 is 30.3. The van der Waals surface area contributed by atoms with E-state index in [1.54, 1.807) is 13.8 Å². The van der Waals surface area contributed by atoms with Crippen LogP contribution < -0.4 is 0 Å². The zero-order valence-corrected chi connectivity index (χ0v) is 16.6. The fourth-order valence-electron chi connectivity index (χ4n) is 3.34. The molecule has 2 atom stereocenters. The van der Waals surface area contributed by atoms with E-state index >= 15 is 0 Å². The Kier molecular flexibility index (Phi) is 5.81. The molecule has 1 aromatic heterocycles. The second-order valence-corrected chi connectivity index (χ2v) is 10.7. The van der Waals surface area contributed by atoms with Crippen molar-refractivity contribution in [1.82, 2.24) is 0 Å². The van der Waals surface area contributed by atoms with Gasteiger partial charge in [0.2, 0.25) is 0 Å². The Labute approximate surface area is 159 Å². The van der Waals surface area contributed by atoms with Crippen molar-refractivity contribution in [3.05, 3.63) is 46.8 Å². The summed E-state index contributed by atoms with van der Waals surface area (Å²) in [6.07, 6.45) is 0.842. The van der Waals surface area contributed by atoms with Gasteiger partial charge in [-0.3, -0.25) is 0 Å². The lowest BCUT2D eigenvalue weighted by Crippen LogP contribution is -2.34. The van der Waals surface area contributed by atoms with Gasteiger partial charge in [0.15, 0.2) is 9.84 Å². The van der Waals surface area contributed by atoms with Crippen molar-refractivity contribution in [2.24, 2.45) is 5.92 Å². The highest BCUT2D eigenvalue weighted by Gasteiger charge is 2.32. The van der Waals surface area contributed by atoms with E-state index in [-0.39, 0.29) is 22.8 Å². The fraction of sp³-hybridized carbons (Fsp3) is 0.450. The van der Waals surface area contributed by atoms with Gasteiger partial charge in [-0.1, -0.05) is 24.3 Å². The molecule has 1 aliphatic heterocycles. The number of rotatable bonds is 5. The number of hydrogen-bond donors (Lipinski definition) is 0. The molecule has 0 saturated carbocycles. The molecule has 26 heavy (non-hydrogen) atoms. The third-order valence-corrected chi connectivity index (χ3v) is 8.35. The number of hydrogen-bond acceptors (Lipinski definition) is 5. The van der Waals surface area contributed by atoms with Crippen LogP contribution in [-0.4, -0.2) is 32.6 Å². The Balaban J connectivity index is 1.81. The van der Waals surface area contributed by atoms with Crippen LogP contribution in [0.3, 0.4) is 0 Å². The second-order valence-electron chi connectivity index (χ2n) is 7.01. The Morgan fingerprint density at radius 2 is 1.96 bits per heavy atom. The highest BCUT2D eigenvalue weighted by molar-refractivity contribution is 7.91. The highest BCUT2D eigenvalue weighted by atomic mass is 32.2. The Morgan fingerprint density at radius 3 is 2.58 bits per heavy atom. The van der Waals surface area contributed by atoms with E-state index in [0.29, 0.717) is 18.1 Å². The van der Waals surface area contributed by atoms with Gasteiger partial charge in [-0.2, -0.15) is 5.26 Å². The largest absolute Gasteiger partial charge is 0.381 e. The van der Waals surface area contributed by atoms with Crippen LogP contribution in [0.2, 0.25) is 0 Å². The second kappa shape index (κ2) is 7.91. The van der Waals surface area contributed by atoms with Gasteiger partial charge in [-0.15, -0.1) is 11.3 Å². The lowest BCUT2D eigenvalue weighted by molar-refractivity contribution is 0.0483. The van der Waals surface area contributed by atoms with Crippen LogP contribution >= 0.6 is 11.3 Å². The maximum atomic E-state index is 12.4. The summed E-state index contributed by atoms with van der Waals surface area (Å²) in [6, 6.07) is 14.3. The first-order chi connectivity index (χ1) is 12.4. The monoisotopic (exact) mass is 389 g/mol. The minimum Gasteiger partial charge on any atom is -0.381 e. The first kappa shape index (κ1) is 19.1. The predicted molar refractivity (Wildman–Crippen MR) is 105 cm³/mol. The topological polar surface area (TPSA) is 67.2 Å². The van der Waals surface area contributed by atoms with Gasteiger partial charge in [-0.25, -0.2) is 8.42 Å². The molecule has 1 aromatic carbocycles. The molecule has 0 bridgehead atoms. The molecule has 4 nitrogen and oxygen atoms in total. The maximum Gasteiger partial charge on any atom is 0.153 e. The van der Waals surface area contributed by atoms with E-state index in [4.69, 9.17) is 10.00 Å². The molecule has 6 heteroatoms. The van der Waals surface area contributed by atoms with Gasteiger partial charge in [0.25, 0.3) is 0 Å². The van der Waals surface area contributed by atoms with Crippen molar-refractivity contribution in [3.8, 4) is 16.5 Å². The van der Waals surface area contributed by atoms with E-state index in [0.717, 1.165) is 22.4 Å². The van der Waals surface area contributed by atoms with E-state index in [1.807, 2.05) is 12.1 Å². The summed E-state index contributed by atoms with van der Waals surface area (Å²) in [5.74, 6) is 0.367. The molecule has 1 aliphatic rings. The molecular weight excluding hydrogens is 366 g/mol. The van der Waals surface area contributed by atoms with E-state index in [9.17, 15) is 8.42 Å². The third kappa shape index (κ3) is 4.17. The van der Waals surface area contributed by atoms with Crippen molar-refractivity contribution in [1.29, 1.82) is 5.26 Å². The van der Waals surface area contributed by atoms with E-state index < -0.39 is 9.84 Å². The molecule has 1 saturated heterocycles. The maximum absolute atomic E-state index is 12.4. The number of nitrogens with zero attached hydrogens (tertiary/aromatic N) is 1. The van der Waals surface area contributed by atoms with Gasteiger partial charge in [0.05, 0.1) is 17.6 Å². The summed E-state index contributed by atoms with van der Waals surface area (Å²) >= 11 is 1.48. The molecule has 2 heterocycles. The minimum absolute atomic E-state index is 0.00562. The zero-order chi connectivity index (χ0) is 18.7. The first-order valence-corrected chi connectivity index (χ1v) is 11.3. The van der Waals surface area contributed by atoms with E-state index in [1.165, 1.54) is 11.3 Å². The number of nitriles is 1. The number of thiophene rings is 1. The van der Waals surface area contributed by atoms with Crippen molar-refractivity contribution < 1.29 is 13.2 Å². The first-order valence-electron chi connectivity index (χ1n) is 8.80. The highest BCUT2D eigenvalue weighted by Crippen LogP contribution is 2.35. The molecule has 0 aliphatic carbocycles. The SMILES string of the molecule is CC(C)S(=O)(=O)C[C@H]1COCC[C@H]1c1ccc(-c2ccc(C#N)s2)cc1. The normalized spacial score (nSPS) is 20.8. The van der Waals surface area contributed by atoms with Gasteiger partial charge >= 0.3 is 0 Å². The van der Waals surface area contributed by atoms with Crippen LogP contribution in [0, 0.1) is 17.2 Å². The van der Waals surface area contributed by atoms with E-state index in [2.05, 4.69) is 30.3 Å². The summed E-state index contributed by atoms with van der Waals surface area (Å²) in [7, 11) is -3.10. The van der Waals surface area contributed by atoms with Crippen molar-refractivity contribution in [2.45, 2.75) is 31.4 Å². The predicted octanol–water partition coefficient (Wildman–Crippen LogP) is 4.23. The third-order valence-electron chi connectivity index (χ3n) is 4.98. The zero-order valence-electron chi connectivity index (χ0n) is 15.0. The molecule has 0 N–H and O–H groups in total. The van der Waals surface area contributed by atoms with Gasteiger partial charge in [0, 0.05) is 17.4 Å². The number of ether oxygens (including phenoxy) is 1. The summed E-state index contributed by atoms with van der Waals surface area (Å²) in [5, 5.41) is 8.61. The molecule has 0 spiro atoms. The molecule has 3 rings (SSSR count). The molecule has 0 radical (unpaired) electrons. The van der Waals surface area contributed by atoms with Gasteiger partial charge in [0.1, 0.15) is 10.9 Å². The van der Waals surface area contributed by atoms with Crippen molar-refractivity contribution >= 4 is 21.2 Å². The molecule has 2 aromatic rings. The van der Waals surface area contributed by atoms with Crippen LogP contribution in [0.4, 0.5) is 0 Å². The van der Waals surface area contributed by atoms with Crippen molar-refractivity contribution in [2.75, 3.05) is 19.0 Å². The number of benzene rings is 1. The van der Waals surface area contributed by atoms with Crippen LogP contribution in [-0.2, 0) is 14.6 Å². The van der Waals surface area contributed by atoms with Crippen LogP contribution in [0.5, 0.6) is 0 Å². The molecular formula is C20H23NO3S2. The van der Waals surface area contributed by atoms with Crippen LogP contribution in [0.15, 0.2) is 36.4 Å². The Morgan fingerprint density at radius 1 is 1.23 bits per heavy atom. The smallest absolute Gasteiger partial charge is 0.153 e. The van der Waals surface area contributed by atoms with Crippen LogP contribution in [0.25, 0.3) is 10.4 Å². The van der Waals surface area contributed by atoms with Crippen molar-refractivity contribution in [3.63, 3.8) is 0 Å². The summed E-state index contributed by atoms with van der Waals surface area (Å²) in [5.41, 5.74) is 2.25. The molecule has 138 valence electrons. The fourth-order valence-corrected chi connectivity index (χ4v) is 5.46. The molecule has 0 unspecified atom stereocenters. The standard InChI is InChI=1S/C20H23NO3S2/c1-14(2)26(22,23)13-17-12-24-10-9-19(17)15-3-5-16(6-4-15)20-8-7-18(11-21)25-20/h3-8,14,17,19H,9-10,12-13H2,1-2H3/t17-,19+/m1/s1. The number of sulfone groups is 1. The van der Waals surface area contributed by atoms with Gasteiger partial charge in [-0.05, 0) is 49.4 Å². The quantitative estimate of drug-likeness (QED) is 0.767.